The number of rotatable bonds is 3. The summed E-state index contributed by atoms with van der Waals surface area (Å²) in [5.74, 6) is 0.937. The van der Waals surface area contributed by atoms with Gasteiger partial charge >= 0.3 is 0 Å². The van der Waals surface area contributed by atoms with Crippen molar-refractivity contribution in [3.05, 3.63) is 72.4 Å². The zero-order valence-electron chi connectivity index (χ0n) is 13.5. The van der Waals surface area contributed by atoms with Crippen LogP contribution < -0.4 is 5.32 Å². The van der Waals surface area contributed by atoms with Gasteiger partial charge in [-0.15, -0.1) is 0 Å². The smallest absolute Gasteiger partial charge is 0.180 e. The summed E-state index contributed by atoms with van der Waals surface area (Å²) in [4.78, 5) is 13.4. The van der Waals surface area contributed by atoms with Crippen molar-refractivity contribution < 1.29 is 0 Å². The summed E-state index contributed by atoms with van der Waals surface area (Å²) in [6.07, 6.45) is 15.1. The van der Waals surface area contributed by atoms with E-state index in [1.165, 1.54) is 0 Å². The summed E-state index contributed by atoms with van der Waals surface area (Å²) in [5, 5.41) is 10.2. The van der Waals surface area contributed by atoms with Crippen LogP contribution in [0.1, 0.15) is 12.1 Å². The fraction of sp³-hybridized carbons (Fsp3) is 0.158. The molecule has 2 aromatic rings. The standard InChI is InChI=1S/C19H16N6/c1-2-6-17-16(5-1)21-13-15(22-17)7-8-18-23-19-9-10-20-12-14(19)4-3-11-25(19)24-18/h1-6,9-13H,7-8H2,(H,23,24). The Bertz CT molecular complexity index is 1000. The number of amidine groups is 1. The van der Waals surface area contributed by atoms with Crippen molar-refractivity contribution in [2.75, 3.05) is 0 Å². The third-order valence-corrected chi connectivity index (χ3v) is 4.60. The van der Waals surface area contributed by atoms with Gasteiger partial charge in [0.25, 0.3) is 0 Å². The van der Waals surface area contributed by atoms with Crippen LogP contribution in [0.15, 0.2) is 76.8 Å². The van der Waals surface area contributed by atoms with E-state index >= 15 is 0 Å². The first-order valence-corrected chi connectivity index (χ1v) is 8.29. The van der Waals surface area contributed by atoms with E-state index in [1.807, 2.05) is 66.2 Å². The highest BCUT2D eigenvalue weighted by Crippen LogP contribution is 2.33. The number of aromatic nitrogens is 2. The Morgan fingerprint density at radius 3 is 3.00 bits per heavy atom. The summed E-state index contributed by atoms with van der Waals surface area (Å²) in [6, 6.07) is 7.92. The van der Waals surface area contributed by atoms with E-state index in [4.69, 9.17) is 5.10 Å². The van der Waals surface area contributed by atoms with Crippen LogP contribution >= 0.6 is 0 Å². The number of benzene rings is 1. The van der Waals surface area contributed by atoms with E-state index in [0.717, 1.165) is 41.0 Å². The SMILES string of the molecule is C1=CN2N=C(CCc3cnc4ccccc4n3)NC23C=CN=CC3=C1. The van der Waals surface area contributed by atoms with Gasteiger partial charge in [-0.3, -0.25) is 9.98 Å². The van der Waals surface area contributed by atoms with E-state index in [1.54, 1.807) is 0 Å². The summed E-state index contributed by atoms with van der Waals surface area (Å²) in [6.45, 7) is 0. The van der Waals surface area contributed by atoms with Crippen LogP contribution in [-0.2, 0) is 6.42 Å². The normalized spacial score (nSPS) is 23.1. The molecule has 1 atom stereocenters. The van der Waals surface area contributed by atoms with Crippen molar-refractivity contribution >= 4 is 23.1 Å². The molecule has 0 amide bonds. The Kier molecular flexibility index (Phi) is 3.03. The van der Waals surface area contributed by atoms with Gasteiger partial charge in [-0.05, 0) is 30.7 Å². The predicted octanol–water partition coefficient (Wildman–Crippen LogP) is 2.53. The van der Waals surface area contributed by atoms with Crippen molar-refractivity contribution in [2.24, 2.45) is 10.1 Å². The van der Waals surface area contributed by atoms with Crippen molar-refractivity contribution in [1.29, 1.82) is 0 Å². The topological polar surface area (TPSA) is 65.8 Å². The number of aryl methyl sites for hydroxylation is 1. The first-order chi connectivity index (χ1) is 12.3. The maximum atomic E-state index is 4.71. The third kappa shape index (κ3) is 2.26. The molecule has 6 heteroatoms. The highest BCUT2D eigenvalue weighted by atomic mass is 15.6. The summed E-state index contributed by atoms with van der Waals surface area (Å²) < 4.78 is 0. The third-order valence-electron chi connectivity index (χ3n) is 4.60. The van der Waals surface area contributed by atoms with Crippen molar-refractivity contribution in [1.82, 2.24) is 20.3 Å². The summed E-state index contributed by atoms with van der Waals surface area (Å²) >= 11 is 0. The maximum Gasteiger partial charge on any atom is 0.180 e. The number of hydrazone groups is 1. The van der Waals surface area contributed by atoms with Crippen molar-refractivity contribution in [3.8, 4) is 0 Å². The number of hydrogen-bond acceptors (Lipinski definition) is 6. The Morgan fingerprint density at radius 2 is 2.04 bits per heavy atom. The lowest BCUT2D eigenvalue weighted by Crippen LogP contribution is -2.53. The zero-order valence-corrected chi connectivity index (χ0v) is 13.5. The van der Waals surface area contributed by atoms with Crippen LogP contribution in [0.25, 0.3) is 11.0 Å². The number of nitrogens with one attached hydrogen (secondary N) is 1. The Labute approximate surface area is 145 Å². The Balaban J connectivity index is 1.35. The van der Waals surface area contributed by atoms with Gasteiger partial charge in [0.2, 0.25) is 0 Å². The first kappa shape index (κ1) is 14.1. The van der Waals surface area contributed by atoms with Gasteiger partial charge in [0.05, 0.1) is 16.7 Å². The molecule has 0 bridgehead atoms. The fourth-order valence-electron chi connectivity index (χ4n) is 3.33. The van der Waals surface area contributed by atoms with Gasteiger partial charge < -0.3 is 5.32 Å². The van der Waals surface area contributed by atoms with Crippen LogP contribution in [0.2, 0.25) is 0 Å². The number of aliphatic imine (C=N–C) groups is 1. The first-order valence-electron chi connectivity index (χ1n) is 8.29. The average Bonchev–Trinajstić information content (AvgIpc) is 3.03. The number of fused-ring (bicyclic) bond motifs is 1. The lowest BCUT2D eigenvalue weighted by Gasteiger charge is -2.37. The van der Waals surface area contributed by atoms with Gasteiger partial charge in [0.15, 0.2) is 5.66 Å². The molecule has 1 spiro atoms. The minimum absolute atomic E-state index is 0.430. The Morgan fingerprint density at radius 1 is 1.12 bits per heavy atom. The minimum Gasteiger partial charge on any atom is -0.341 e. The van der Waals surface area contributed by atoms with Crippen molar-refractivity contribution in [2.45, 2.75) is 18.5 Å². The fourth-order valence-corrected chi connectivity index (χ4v) is 3.33. The molecule has 1 N–H and O–H groups in total. The molecule has 0 fully saturated rings. The second kappa shape index (κ2) is 5.37. The van der Waals surface area contributed by atoms with Crippen LogP contribution in [-0.4, -0.2) is 32.7 Å². The second-order valence-electron chi connectivity index (χ2n) is 6.19. The molecule has 0 saturated carbocycles. The number of hydrogen-bond donors (Lipinski definition) is 1. The van der Waals surface area contributed by atoms with E-state index in [2.05, 4.69) is 26.4 Å². The molecule has 3 aliphatic rings. The van der Waals surface area contributed by atoms with Crippen molar-refractivity contribution in [3.63, 3.8) is 0 Å². The molecule has 4 heterocycles. The largest absolute Gasteiger partial charge is 0.341 e. The van der Waals surface area contributed by atoms with E-state index in [9.17, 15) is 0 Å². The molecule has 25 heavy (non-hydrogen) atoms. The average molecular weight is 328 g/mol. The lowest BCUT2D eigenvalue weighted by atomic mass is 9.95. The summed E-state index contributed by atoms with van der Waals surface area (Å²) in [7, 11) is 0. The molecule has 122 valence electrons. The molecule has 0 saturated heterocycles. The molecule has 3 aliphatic heterocycles. The van der Waals surface area contributed by atoms with Crippen LogP contribution in [0, 0.1) is 0 Å². The highest BCUT2D eigenvalue weighted by Gasteiger charge is 2.43. The number of para-hydroxylation sites is 2. The monoisotopic (exact) mass is 328 g/mol. The van der Waals surface area contributed by atoms with Crippen LogP contribution in [0.5, 0.6) is 0 Å². The van der Waals surface area contributed by atoms with Gasteiger partial charge in [-0.2, -0.15) is 5.10 Å². The molecule has 1 aromatic carbocycles. The highest BCUT2D eigenvalue weighted by molar-refractivity contribution is 5.92. The van der Waals surface area contributed by atoms with Gasteiger partial charge in [-0.1, -0.05) is 18.2 Å². The molecule has 1 unspecified atom stereocenters. The van der Waals surface area contributed by atoms with E-state index in [-0.39, 0.29) is 0 Å². The Hall–Kier alpha value is -3.28. The molecule has 6 nitrogen and oxygen atoms in total. The molecule has 0 radical (unpaired) electrons. The van der Waals surface area contributed by atoms with E-state index < -0.39 is 5.66 Å². The van der Waals surface area contributed by atoms with Gasteiger partial charge in [0.1, 0.15) is 5.84 Å². The second-order valence-corrected chi connectivity index (χ2v) is 6.19. The number of allylic oxidation sites excluding steroid dienone is 2. The molecule has 5 rings (SSSR count). The summed E-state index contributed by atoms with van der Waals surface area (Å²) in [5.41, 5.74) is 3.47. The van der Waals surface area contributed by atoms with E-state index in [0.29, 0.717) is 0 Å². The van der Waals surface area contributed by atoms with Crippen LogP contribution in [0.4, 0.5) is 0 Å². The van der Waals surface area contributed by atoms with Crippen LogP contribution in [0.3, 0.4) is 0 Å². The van der Waals surface area contributed by atoms with Gasteiger partial charge in [-0.25, -0.2) is 9.99 Å². The molecule has 1 aromatic heterocycles. The predicted molar refractivity (Wildman–Crippen MR) is 97.9 cm³/mol. The molecule has 0 aliphatic carbocycles. The lowest BCUT2D eigenvalue weighted by molar-refractivity contribution is 0.258. The number of nitrogens with zero attached hydrogens (tertiary/aromatic N) is 5. The minimum atomic E-state index is -0.430. The van der Waals surface area contributed by atoms with Gasteiger partial charge in [0, 0.05) is 36.8 Å². The molecular weight excluding hydrogens is 312 g/mol. The quantitative estimate of drug-likeness (QED) is 0.940. The zero-order chi connectivity index (χ0) is 16.7. The molecular formula is C19H16N6. The maximum absolute atomic E-state index is 4.71.